The predicted molar refractivity (Wildman–Crippen MR) is 80.1 cm³/mol. The minimum Gasteiger partial charge on any atom is -0.497 e. The van der Waals surface area contributed by atoms with E-state index < -0.39 is 0 Å². The van der Waals surface area contributed by atoms with Crippen LogP contribution in [-0.4, -0.2) is 12.1 Å². The molecule has 0 bridgehead atoms. The second kappa shape index (κ2) is 5.21. The van der Waals surface area contributed by atoms with E-state index in [2.05, 4.69) is 4.98 Å². The van der Waals surface area contributed by atoms with Crippen molar-refractivity contribution in [1.82, 2.24) is 4.98 Å². The minimum atomic E-state index is -0.208. The Balaban J connectivity index is 1.95. The average Bonchev–Trinajstić information content (AvgIpc) is 2.76. The molecule has 4 heteroatoms. The fraction of sp³-hybridized carbons (Fsp3) is 0.125. The van der Waals surface area contributed by atoms with Gasteiger partial charge in [0.2, 0.25) is 0 Å². The summed E-state index contributed by atoms with van der Waals surface area (Å²) in [6.07, 6.45) is 0. The molecule has 0 saturated carbocycles. The molecule has 0 radical (unpaired) electrons. The molecule has 0 aliphatic carbocycles. The lowest BCUT2D eigenvalue weighted by Crippen LogP contribution is -1.81. The Bertz CT molecular complexity index is 749. The van der Waals surface area contributed by atoms with Gasteiger partial charge in [0.25, 0.3) is 0 Å². The Morgan fingerprint density at radius 2 is 1.85 bits per heavy atom. The number of rotatable bonds is 3. The van der Waals surface area contributed by atoms with E-state index >= 15 is 0 Å². The summed E-state index contributed by atoms with van der Waals surface area (Å²) in [7, 11) is 1.65. The molecular formula is C16H14FNOS. The normalized spacial score (nSPS) is 10.9. The maximum absolute atomic E-state index is 13.3. The second-order valence-electron chi connectivity index (χ2n) is 4.55. The summed E-state index contributed by atoms with van der Waals surface area (Å²) in [5, 5.41) is 1.97. The van der Waals surface area contributed by atoms with Crippen molar-refractivity contribution in [3.63, 3.8) is 0 Å². The van der Waals surface area contributed by atoms with Crippen LogP contribution < -0.4 is 4.74 Å². The van der Waals surface area contributed by atoms with Gasteiger partial charge >= 0.3 is 0 Å². The molecule has 2 aromatic carbocycles. The zero-order chi connectivity index (χ0) is 14.1. The van der Waals surface area contributed by atoms with Gasteiger partial charge in [0.1, 0.15) is 11.6 Å². The summed E-state index contributed by atoms with van der Waals surface area (Å²) in [6.45, 7) is 2.00. The molecule has 1 heterocycles. The number of aryl methyl sites for hydroxylation is 1. The molecule has 20 heavy (non-hydrogen) atoms. The molecule has 0 fully saturated rings. The number of ether oxygens (including phenoxy) is 1. The van der Waals surface area contributed by atoms with Crippen LogP contribution in [0, 0.1) is 12.7 Å². The van der Waals surface area contributed by atoms with Crippen LogP contribution in [0.25, 0.3) is 10.9 Å². The lowest BCUT2D eigenvalue weighted by atomic mass is 10.2. The smallest absolute Gasteiger partial charge is 0.123 e. The van der Waals surface area contributed by atoms with Crippen molar-refractivity contribution in [2.45, 2.75) is 16.8 Å². The summed E-state index contributed by atoms with van der Waals surface area (Å²) in [6, 6.07) is 12.7. The van der Waals surface area contributed by atoms with Gasteiger partial charge in [-0.05, 0) is 55.0 Å². The third kappa shape index (κ3) is 2.39. The maximum atomic E-state index is 13.3. The van der Waals surface area contributed by atoms with Gasteiger partial charge in [0.05, 0.1) is 12.1 Å². The Labute approximate surface area is 121 Å². The number of aromatic nitrogens is 1. The zero-order valence-corrected chi connectivity index (χ0v) is 12.1. The molecule has 1 N–H and O–H groups in total. The summed E-state index contributed by atoms with van der Waals surface area (Å²) >= 11 is 1.63. The van der Waals surface area contributed by atoms with Crippen LogP contribution in [0.1, 0.15) is 5.56 Å². The van der Waals surface area contributed by atoms with E-state index in [1.54, 1.807) is 31.0 Å². The highest BCUT2D eigenvalue weighted by molar-refractivity contribution is 7.99. The van der Waals surface area contributed by atoms with Gasteiger partial charge in [0, 0.05) is 15.8 Å². The highest BCUT2D eigenvalue weighted by atomic mass is 32.2. The number of hydrogen-bond donors (Lipinski definition) is 1. The topological polar surface area (TPSA) is 25.0 Å². The van der Waals surface area contributed by atoms with Crippen LogP contribution >= 0.6 is 11.8 Å². The number of hydrogen-bond acceptors (Lipinski definition) is 2. The van der Waals surface area contributed by atoms with Crippen molar-refractivity contribution in [3.05, 3.63) is 53.8 Å². The molecular weight excluding hydrogens is 273 g/mol. The molecule has 2 nitrogen and oxygen atoms in total. The first-order valence-corrected chi connectivity index (χ1v) is 7.09. The van der Waals surface area contributed by atoms with Crippen molar-refractivity contribution >= 4 is 22.7 Å². The molecule has 3 rings (SSSR count). The fourth-order valence-corrected chi connectivity index (χ4v) is 3.07. The monoisotopic (exact) mass is 287 g/mol. The Morgan fingerprint density at radius 3 is 2.55 bits per heavy atom. The molecule has 0 saturated heterocycles. The van der Waals surface area contributed by atoms with Crippen LogP contribution in [0.2, 0.25) is 0 Å². The third-order valence-corrected chi connectivity index (χ3v) is 4.37. The van der Waals surface area contributed by atoms with E-state index in [0.717, 1.165) is 32.1 Å². The van der Waals surface area contributed by atoms with Crippen LogP contribution in [0.3, 0.4) is 0 Å². The van der Waals surface area contributed by atoms with Crippen molar-refractivity contribution in [3.8, 4) is 5.75 Å². The molecule has 3 aromatic rings. The zero-order valence-electron chi connectivity index (χ0n) is 11.2. The van der Waals surface area contributed by atoms with Gasteiger partial charge in [-0.3, -0.25) is 0 Å². The fourth-order valence-electron chi connectivity index (χ4n) is 2.14. The van der Waals surface area contributed by atoms with Crippen LogP contribution in [0.5, 0.6) is 5.75 Å². The van der Waals surface area contributed by atoms with Crippen molar-refractivity contribution in [2.24, 2.45) is 0 Å². The predicted octanol–water partition coefficient (Wildman–Crippen LogP) is 4.78. The van der Waals surface area contributed by atoms with Crippen molar-refractivity contribution in [2.75, 3.05) is 7.11 Å². The lowest BCUT2D eigenvalue weighted by molar-refractivity contribution is 0.414. The largest absolute Gasteiger partial charge is 0.497 e. The van der Waals surface area contributed by atoms with Crippen LogP contribution in [-0.2, 0) is 0 Å². The summed E-state index contributed by atoms with van der Waals surface area (Å²) < 4.78 is 18.4. The van der Waals surface area contributed by atoms with E-state index in [-0.39, 0.29) is 5.82 Å². The van der Waals surface area contributed by atoms with Crippen LogP contribution in [0.15, 0.2) is 52.4 Å². The van der Waals surface area contributed by atoms with E-state index in [1.807, 2.05) is 31.2 Å². The molecule has 0 aliphatic heterocycles. The summed E-state index contributed by atoms with van der Waals surface area (Å²) in [5.74, 6) is 0.630. The quantitative estimate of drug-likeness (QED) is 0.750. The highest BCUT2D eigenvalue weighted by Crippen LogP contribution is 2.34. The first-order valence-electron chi connectivity index (χ1n) is 6.27. The van der Waals surface area contributed by atoms with Crippen molar-refractivity contribution in [1.29, 1.82) is 0 Å². The summed E-state index contributed by atoms with van der Waals surface area (Å²) in [5.41, 5.74) is 2.03. The van der Waals surface area contributed by atoms with Gasteiger partial charge in [0.15, 0.2) is 0 Å². The Kier molecular flexibility index (Phi) is 3.40. The third-order valence-electron chi connectivity index (χ3n) is 3.25. The highest BCUT2D eigenvalue weighted by Gasteiger charge is 2.09. The van der Waals surface area contributed by atoms with E-state index in [9.17, 15) is 4.39 Å². The number of aromatic amines is 1. The molecule has 0 amide bonds. The van der Waals surface area contributed by atoms with Gasteiger partial charge in [-0.15, -0.1) is 0 Å². The summed E-state index contributed by atoms with van der Waals surface area (Å²) in [4.78, 5) is 4.45. The minimum absolute atomic E-state index is 0.208. The van der Waals surface area contributed by atoms with Gasteiger partial charge < -0.3 is 9.72 Å². The van der Waals surface area contributed by atoms with Gasteiger partial charge in [-0.25, -0.2) is 4.39 Å². The first kappa shape index (κ1) is 13.1. The standard InChI is InChI=1S/C16H14FNOS/c1-10-14-9-11(17)3-8-15(14)18-16(10)20-13-6-4-12(19-2)5-7-13/h3-9,18H,1-2H3. The molecule has 0 atom stereocenters. The van der Waals surface area contributed by atoms with Crippen molar-refractivity contribution < 1.29 is 9.13 Å². The van der Waals surface area contributed by atoms with Gasteiger partial charge in [-0.2, -0.15) is 0 Å². The van der Waals surface area contributed by atoms with Gasteiger partial charge in [-0.1, -0.05) is 11.8 Å². The van der Waals surface area contributed by atoms with E-state index in [1.165, 1.54) is 6.07 Å². The number of fused-ring (bicyclic) bond motifs is 1. The van der Waals surface area contributed by atoms with Crippen LogP contribution in [0.4, 0.5) is 4.39 Å². The molecule has 1 aromatic heterocycles. The Hall–Kier alpha value is -1.94. The number of benzene rings is 2. The second-order valence-corrected chi connectivity index (χ2v) is 5.63. The molecule has 0 aliphatic rings. The van der Waals surface area contributed by atoms with E-state index in [0.29, 0.717) is 0 Å². The maximum Gasteiger partial charge on any atom is 0.123 e. The molecule has 0 spiro atoms. The first-order chi connectivity index (χ1) is 9.67. The molecule has 0 unspecified atom stereocenters. The molecule has 102 valence electrons. The lowest BCUT2D eigenvalue weighted by Gasteiger charge is -2.03. The average molecular weight is 287 g/mol. The number of H-pyrrole nitrogens is 1. The Morgan fingerprint density at radius 1 is 1.10 bits per heavy atom. The van der Waals surface area contributed by atoms with E-state index in [4.69, 9.17) is 4.74 Å². The number of halogens is 1. The number of nitrogens with one attached hydrogen (secondary N) is 1. The SMILES string of the molecule is COc1ccc(Sc2[nH]c3ccc(F)cc3c2C)cc1. The number of methoxy groups -OCH3 is 1.